The number of nitrogens with zero attached hydrogens (tertiary/aromatic N) is 2. The maximum atomic E-state index is 13.7. The molecule has 4 aromatic rings. The van der Waals surface area contributed by atoms with Crippen molar-refractivity contribution in [1.82, 2.24) is 14.9 Å². The number of halogens is 2. The number of carboxylic acid groups (broad SMARTS) is 1. The van der Waals surface area contributed by atoms with Gasteiger partial charge in [0.25, 0.3) is 5.91 Å². The Morgan fingerprint density at radius 3 is 2.29 bits per heavy atom. The van der Waals surface area contributed by atoms with E-state index in [0.717, 1.165) is 11.8 Å². The molecule has 220 valence electrons. The number of aliphatic carboxylic acids is 1. The van der Waals surface area contributed by atoms with Crippen LogP contribution in [0.3, 0.4) is 0 Å². The zero-order chi connectivity index (χ0) is 30.3. The zero-order valence-corrected chi connectivity index (χ0v) is 23.4. The average molecular weight is 598 g/mol. The van der Waals surface area contributed by atoms with Crippen LogP contribution in [-0.2, 0) is 32.5 Å². The number of imidazole rings is 1. The molecule has 0 aliphatic heterocycles. The SMILES string of the molecule is CS(=O)(=O)CC[C@H](NC(=O)c1ccc(COC(Cn2ccnc2)c2ccc(F)cc2)cc1-c1ccc(F)cc1)C(=O)O. The summed E-state index contributed by atoms with van der Waals surface area (Å²) in [6.45, 7) is 0.500. The minimum absolute atomic E-state index is 0.0962. The number of aromatic nitrogens is 2. The van der Waals surface area contributed by atoms with Gasteiger partial charge >= 0.3 is 5.97 Å². The highest BCUT2D eigenvalue weighted by Gasteiger charge is 2.24. The summed E-state index contributed by atoms with van der Waals surface area (Å²) in [5.41, 5.74) is 2.42. The molecule has 1 heterocycles. The lowest BCUT2D eigenvalue weighted by atomic mass is 9.96. The lowest BCUT2D eigenvalue weighted by Gasteiger charge is -2.20. The first-order chi connectivity index (χ1) is 20.0. The quantitative estimate of drug-likeness (QED) is 0.234. The van der Waals surface area contributed by atoms with Gasteiger partial charge in [-0.25, -0.2) is 27.0 Å². The standard InChI is InChI=1S/C30H29F2N3O6S/c1-42(39,40)15-12-27(30(37)38)34-29(36)25-11-2-20(16-26(25)21-3-7-23(31)8-4-21)18-41-28(17-35-14-13-33-19-35)22-5-9-24(32)10-6-22/h2-11,13-14,16,19,27-28H,12,15,17-18H2,1H3,(H,34,36)(H,37,38)/t27-,28?/m0/s1. The second-order valence-electron chi connectivity index (χ2n) is 9.78. The van der Waals surface area contributed by atoms with Crippen LogP contribution < -0.4 is 5.32 Å². The largest absolute Gasteiger partial charge is 0.480 e. The molecule has 0 aliphatic carbocycles. The third-order valence-electron chi connectivity index (χ3n) is 6.49. The lowest BCUT2D eigenvalue weighted by Crippen LogP contribution is -2.42. The molecule has 1 unspecified atom stereocenters. The van der Waals surface area contributed by atoms with Crippen LogP contribution in [0.4, 0.5) is 8.78 Å². The summed E-state index contributed by atoms with van der Waals surface area (Å²) >= 11 is 0. The van der Waals surface area contributed by atoms with Gasteiger partial charge in [-0.2, -0.15) is 0 Å². The number of rotatable bonds is 13. The van der Waals surface area contributed by atoms with Crippen molar-refractivity contribution in [3.8, 4) is 11.1 Å². The number of carboxylic acids is 1. The van der Waals surface area contributed by atoms with Crippen molar-refractivity contribution in [2.45, 2.75) is 31.7 Å². The van der Waals surface area contributed by atoms with Gasteiger partial charge in [-0.05, 0) is 65.1 Å². The van der Waals surface area contributed by atoms with Crippen molar-refractivity contribution in [1.29, 1.82) is 0 Å². The number of benzene rings is 3. The van der Waals surface area contributed by atoms with E-state index in [1.54, 1.807) is 43.0 Å². The Morgan fingerprint density at radius 1 is 1.02 bits per heavy atom. The monoisotopic (exact) mass is 597 g/mol. The Morgan fingerprint density at radius 2 is 1.69 bits per heavy atom. The molecular weight excluding hydrogens is 568 g/mol. The molecule has 0 radical (unpaired) electrons. The van der Waals surface area contributed by atoms with E-state index in [4.69, 9.17) is 4.74 Å². The van der Waals surface area contributed by atoms with Gasteiger partial charge in [-0.3, -0.25) is 4.79 Å². The van der Waals surface area contributed by atoms with Crippen LogP contribution in [0, 0.1) is 11.6 Å². The first kappa shape index (κ1) is 30.5. The molecule has 0 fully saturated rings. The van der Waals surface area contributed by atoms with E-state index in [1.807, 2.05) is 4.57 Å². The summed E-state index contributed by atoms with van der Waals surface area (Å²) in [5.74, 6) is -3.37. The predicted molar refractivity (Wildman–Crippen MR) is 151 cm³/mol. The van der Waals surface area contributed by atoms with Gasteiger partial charge in [0.05, 0.1) is 25.2 Å². The van der Waals surface area contributed by atoms with Crippen LogP contribution in [0.1, 0.15) is 34.0 Å². The van der Waals surface area contributed by atoms with E-state index in [2.05, 4.69) is 10.3 Å². The second kappa shape index (κ2) is 13.5. The fourth-order valence-corrected chi connectivity index (χ4v) is 4.95. The van der Waals surface area contributed by atoms with Gasteiger partial charge in [-0.1, -0.05) is 30.3 Å². The number of ether oxygens (including phenoxy) is 1. The van der Waals surface area contributed by atoms with Crippen LogP contribution in [0.2, 0.25) is 0 Å². The molecule has 4 rings (SSSR count). The van der Waals surface area contributed by atoms with Gasteiger partial charge in [-0.15, -0.1) is 0 Å². The summed E-state index contributed by atoms with van der Waals surface area (Å²) in [7, 11) is -3.45. The number of sulfone groups is 1. The number of hydrogen-bond donors (Lipinski definition) is 2. The van der Waals surface area contributed by atoms with Crippen LogP contribution in [0.25, 0.3) is 11.1 Å². The van der Waals surface area contributed by atoms with E-state index < -0.39 is 45.4 Å². The van der Waals surface area contributed by atoms with Crippen LogP contribution in [0.15, 0.2) is 85.5 Å². The van der Waals surface area contributed by atoms with Gasteiger partial charge in [0.2, 0.25) is 0 Å². The Balaban J connectivity index is 1.61. The maximum Gasteiger partial charge on any atom is 0.326 e. The molecule has 0 spiro atoms. The number of nitrogens with one attached hydrogen (secondary N) is 1. The molecule has 9 nitrogen and oxygen atoms in total. The predicted octanol–water partition coefficient (Wildman–Crippen LogP) is 4.40. The van der Waals surface area contributed by atoms with E-state index in [-0.39, 0.29) is 24.4 Å². The Bertz CT molecular complexity index is 1630. The Labute approximate surface area is 241 Å². The number of carbonyl (C=O) groups is 2. The van der Waals surface area contributed by atoms with E-state index in [0.29, 0.717) is 23.2 Å². The molecule has 2 N–H and O–H groups in total. The smallest absolute Gasteiger partial charge is 0.326 e. The first-order valence-corrected chi connectivity index (χ1v) is 15.0. The Kier molecular flexibility index (Phi) is 9.81. The normalized spacial score (nSPS) is 12.9. The number of amides is 1. The van der Waals surface area contributed by atoms with Crippen LogP contribution in [-0.4, -0.2) is 53.0 Å². The highest BCUT2D eigenvalue weighted by atomic mass is 32.2. The lowest BCUT2D eigenvalue weighted by molar-refractivity contribution is -0.139. The number of carbonyl (C=O) groups excluding carboxylic acids is 1. The highest BCUT2D eigenvalue weighted by molar-refractivity contribution is 7.90. The fraction of sp³-hybridized carbons (Fsp3) is 0.233. The van der Waals surface area contributed by atoms with Gasteiger partial charge in [0, 0.05) is 24.2 Å². The van der Waals surface area contributed by atoms with Crippen LogP contribution >= 0.6 is 0 Å². The summed E-state index contributed by atoms with van der Waals surface area (Å²) in [6, 6.07) is 14.8. The van der Waals surface area contributed by atoms with Crippen molar-refractivity contribution >= 4 is 21.7 Å². The van der Waals surface area contributed by atoms with Gasteiger partial charge in [0.1, 0.15) is 33.6 Å². The van der Waals surface area contributed by atoms with Crippen molar-refractivity contribution in [2.75, 3.05) is 12.0 Å². The molecule has 1 amide bonds. The van der Waals surface area contributed by atoms with E-state index in [9.17, 15) is 31.9 Å². The molecular formula is C30H29F2N3O6S. The average Bonchev–Trinajstić information content (AvgIpc) is 3.46. The first-order valence-electron chi connectivity index (χ1n) is 12.9. The molecule has 12 heteroatoms. The summed E-state index contributed by atoms with van der Waals surface area (Å²) in [5, 5.41) is 12.0. The van der Waals surface area contributed by atoms with Crippen LogP contribution in [0.5, 0.6) is 0 Å². The zero-order valence-electron chi connectivity index (χ0n) is 22.6. The minimum atomic E-state index is -3.45. The van der Waals surface area contributed by atoms with Gasteiger partial charge < -0.3 is 19.7 Å². The third-order valence-corrected chi connectivity index (χ3v) is 7.47. The molecule has 42 heavy (non-hydrogen) atoms. The maximum absolute atomic E-state index is 13.7. The number of hydrogen-bond acceptors (Lipinski definition) is 6. The van der Waals surface area contributed by atoms with E-state index >= 15 is 0 Å². The topological polar surface area (TPSA) is 128 Å². The molecule has 1 aromatic heterocycles. The molecule has 2 atom stereocenters. The third kappa shape index (κ3) is 8.54. The Hall–Kier alpha value is -4.42. The van der Waals surface area contributed by atoms with Crippen molar-refractivity contribution in [3.05, 3.63) is 114 Å². The molecule has 0 aliphatic rings. The summed E-state index contributed by atoms with van der Waals surface area (Å²) in [6.07, 6.45) is 5.26. The minimum Gasteiger partial charge on any atom is -0.480 e. The highest BCUT2D eigenvalue weighted by Crippen LogP contribution is 2.28. The van der Waals surface area contributed by atoms with Crippen molar-refractivity contribution in [3.63, 3.8) is 0 Å². The van der Waals surface area contributed by atoms with E-state index in [1.165, 1.54) is 42.5 Å². The van der Waals surface area contributed by atoms with Crippen molar-refractivity contribution in [2.24, 2.45) is 0 Å². The molecule has 0 bridgehead atoms. The summed E-state index contributed by atoms with van der Waals surface area (Å²) in [4.78, 5) is 29.0. The van der Waals surface area contributed by atoms with Crippen molar-refractivity contribution < 1.29 is 36.6 Å². The summed E-state index contributed by atoms with van der Waals surface area (Å²) < 4.78 is 58.4. The second-order valence-corrected chi connectivity index (χ2v) is 12.0. The fourth-order valence-electron chi connectivity index (χ4n) is 4.29. The van der Waals surface area contributed by atoms with Gasteiger partial charge in [0.15, 0.2) is 0 Å². The molecule has 3 aromatic carbocycles. The molecule has 0 saturated carbocycles. The molecule has 0 saturated heterocycles.